The van der Waals surface area contributed by atoms with Crippen molar-refractivity contribution in [3.05, 3.63) is 71.0 Å². The number of hydrogen-bond donors (Lipinski definition) is 1. The molecule has 2 aromatic rings. The highest BCUT2D eigenvalue weighted by Crippen LogP contribution is 2.30. The van der Waals surface area contributed by atoms with Crippen molar-refractivity contribution < 1.29 is 27.2 Å². The molecule has 0 aromatic heterocycles. The van der Waals surface area contributed by atoms with E-state index in [0.29, 0.717) is 5.56 Å². The summed E-state index contributed by atoms with van der Waals surface area (Å²) in [4.78, 5) is 26.1. The zero-order valence-electron chi connectivity index (χ0n) is 15.6. The van der Waals surface area contributed by atoms with Gasteiger partial charge in [-0.3, -0.25) is 9.59 Å². The van der Waals surface area contributed by atoms with Crippen molar-refractivity contribution in [3.8, 4) is 6.07 Å². The molecule has 0 bridgehead atoms. The maximum absolute atomic E-state index is 13.9. The molecule has 9 heteroatoms. The van der Waals surface area contributed by atoms with Gasteiger partial charge in [-0.15, -0.1) is 0 Å². The third kappa shape index (κ3) is 4.76. The Morgan fingerprint density at radius 2 is 1.97 bits per heavy atom. The molecule has 0 aliphatic carbocycles. The van der Waals surface area contributed by atoms with Crippen LogP contribution in [0.4, 0.5) is 17.6 Å². The van der Waals surface area contributed by atoms with Crippen molar-refractivity contribution in [1.82, 2.24) is 10.2 Å². The van der Waals surface area contributed by atoms with Gasteiger partial charge in [0, 0.05) is 25.1 Å². The molecule has 2 atom stereocenters. The number of hydrogen-bond acceptors (Lipinski definition) is 3. The number of nitrogens with one attached hydrogen (secondary N) is 1. The summed E-state index contributed by atoms with van der Waals surface area (Å²) in [5.41, 5.74) is -0.512. The fourth-order valence-corrected chi connectivity index (χ4v) is 3.32. The fraction of sp³-hybridized carbons (Fsp3) is 0.286. The minimum Gasteiger partial charge on any atom is -0.338 e. The third-order valence-corrected chi connectivity index (χ3v) is 4.84. The Balaban J connectivity index is 1.66. The summed E-state index contributed by atoms with van der Waals surface area (Å²) >= 11 is 0. The van der Waals surface area contributed by atoms with E-state index >= 15 is 0 Å². The molecule has 0 radical (unpaired) electrons. The molecule has 1 aliphatic heterocycles. The van der Waals surface area contributed by atoms with Crippen LogP contribution in [0.25, 0.3) is 0 Å². The third-order valence-electron chi connectivity index (χ3n) is 4.84. The van der Waals surface area contributed by atoms with E-state index in [1.54, 1.807) is 0 Å². The Bertz CT molecular complexity index is 1000. The Morgan fingerprint density at radius 1 is 1.23 bits per heavy atom. The van der Waals surface area contributed by atoms with Gasteiger partial charge in [0.1, 0.15) is 11.9 Å². The standard InChI is InChI=1S/C21H17F4N3O2/c22-17-7-2-1-6-16(17)18(10-26)27-20(30)14-9-19(29)28(12-14)11-13-4-3-5-15(8-13)21(23,24)25/h1-8,14,18H,9,11-12H2,(H,27,30). The summed E-state index contributed by atoms with van der Waals surface area (Å²) in [6, 6.07) is 10.8. The Labute approximate surface area is 169 Å². The van der Waals surface area contributed by atoms with Crippen molar-refractivity contribution in [2.45, 2.75) is 25.2 Å². The smallest absolute Gasteiger partial charge is 0.338 e. The van der Waals surface area contributed by atoms with Crippen molar-refractivity contribution in [1.29, 1.82) is 5.26 Å². The van der Waals surface area contributed by atoms with E-state index in [2.05, 4.69) is 5.32 Å². The number of rotatable bonds is 5. The zero-order valence-corrected chi connectivity index (χ0v) is 15.6. The van der Waals surface area contributed by atoms with Crippen LogP contribution in [0.3, 0.4) is 0 Å². The molecule has 1 N–H and O–H groups in total. The number of alkyl halides is 3. The van der Waals surface area contributed by atoms with Crippen LogP contribution >= 0.6 is 0 Å². The van der Waals surface area contributed by atoms with Crippen LogP contribution in [0.2, 0.25) is 0 Å². The number of benzene rings is 2. The maximum atomic E-state index is 13.9. The summed E-state index contributed by atoms with van der Waals surface area (Å²) in [5.74, 6) is -2.40. The molecule has 1 heterocycles. The first-order valence-corrected chi connectivity index (χ1v) is 9.07. The van der Waals surface area contributed by atoms with Gasteiger partial charge in [0.2, 0.25) is 11.8 Å². The second-order valence-corrected chi connectivity index (χ2v) is 6.97. The first-order valence-electron chi connectivity index (χ1n) is 9.07. The summed E-state index contributed by atoms with van der Waals surface area (Å²) in [6.07, 6.45) is -4.63. The van der Waals surface area contributed by atoms with Gasteiger partial charge >= 0.3 is 6.18 Å². The second-order valence-electron chi connectivity index (χ2n) is 6.97. The molecule has 5 nitrogen and oxygen atoms in total. The van der Waals surface area contributed by atoms with Crippen LogP contribution in [-0.4, -0.2) is 23.3 Å². The fourth-order valence-electron chi connectivity index (χ4n) is 3.32. The van der Waals surface area contributed by atoms with Crippen molar-refractivity contribution >= 4 is 11.8 Å². The van der Waals surface area contributed by atoms with Crippen LogP contribution in [0.1, 0.15) is 29.2 Å². The molecule has 1 saturated heterocycles. The van der Waals surface area contributed by atoms with E-state index in [1.165, 1.54) is 41.3 Å². The van der Waals surface area contributed by atoms with Gasteiger partial charge in [0.25, 0.3) is 0 Å². The normalized spacial score (nSPS) is 17.5. The van der Waals surface area contributed by atoms with E-state index in [-0.39, 0.29) is 31.0 Å². The first-order chi connectivity index (χ1) is 14.2. The lowest BCUT2D eigenvalue weighted by molar-refractivity contribution is -0.137. The van der Waals surface area contributed by atoms with E-state index in [4.69, 9.17) is 0 Å². The molecular weight excluding hydrogens is 402 g/mol. The number of likely N-dealkylation sites (tertiary alicyclic amines) is 1. The molecule has 2 amide bonds. The molecule has 0 saturated carbocycles. The summed E-state index contributed by atoms with van der Waals surface area (Å²) in [6.45, 7) is -0.0716. The summed E-state index contributed by atoms with van der Waals surface area (Å²) in [5, 5.41) is 11.7. The van der Waals surface area contributed by atoms with Gasteiger partial charge in [-0.05, 0) is 23.8 Å². The topological polar surface area (TPSA) is 73.2 Å². The van der Waals surface area contributed by atoms with Gasteiger partial charge in [-0.25, -0.2) is 4.39 Å². The highest BCUT2D eigenvalue weighted by Gasteiger charge is 2.36. The van der Waals surface area contributed by atoms with Crippen molar-refractivity contribution in [2.24, 2.45) is 5.92 Å². The summed E-state index contributed by atoms with van der Waals surface area (Å²) < 4.78 is 52.5. The van der Waals surface area contributed by atoms with Gasteiger partial charge < -0.3 is 10.2 Å². The number of carbonyl (C=O) groups is 2. The van der Waals surface area contributed by atoms with Crippen molar-refractivity contribution in [2.75, 3.05) is 6.54 Å². The predicted molar refractivity (Wildman–Crippen MR) is 97.9 cm³/mol. The highest BCUT2D eigenvalue weighted by atomic mass is 19.4. The van der Waals surface area contributed by atoms with E-state index in [9.17, 15) is 32.4 Å². The van der Waals surface area contributed by atoms with Crippen molar-refractivity contribution in [3.63, 3.8) is 0 Å². The average molecular weight is 419 g/mol. The minimum absolute atomic E-state index is 0.00364. The van der Waals surface area contributed by atoms with E-state index in [0.717, 1.165) is 12.1 Å². The number of nitrogens with zero attached hydrogens (tertiary/aromatic N) is 2. The Morgan fingerprint density at radius 3 is 2.63 bits per heavy atom. The van der Waals surface area contributed by atoms with Gasteiger partial charge in [-0.1, -0.05) is 30.3 Å². The van der Waals surface area contributed by atoms with Crippen LogP contribution in [0.15, 0.2) is 48.5 Å². The zero-order chi connectivity index (χ0) is 21.9. The number of carbonyl (C=O) groups excluding carboxylic acids is 2. The monoisotopic (exact) mass is 419 g/mol. The average Bonchev–Trinajstić information content (AvgIpc) is 3.07. The molecule has 1 aliphatic rings. The van der Waals surface area contributed by atoms with Crippen LogP contribution in [0, 0.1) is 23.1 Å². The number of nitriles is 1. The molecule has 1 fully saturated rings. The molecule has 156 valence electrons. The molecule has 3 rings (SSSR count). The van der Waals surface area contributed by atoms with Crippen LogP contribution < -0.4 is 5.32 Å². The van der Waals surface area contributed by atoms with Crippen LogP contribution in [0.5, 0.6) is 0 Å². The van der Waals surface area contributed by atoms with E-state index in [1.807, 2.05) is 6.07 Å². The lowest BCUT2D eigenvalue weighted by Gasteiger charge is -2.18. The van der Waals surface area contributed by atoms with E-state index < -0.39 is 35.4 Å². The first kappa shape index (κ1) is 21.3. The maximum Gasteiger partial charge on any atom is 0.416 e. The highest BCUT2D eigenvalue weighted by molar-refractivity contribution is 5.89. The second kappa shape index (κ2) is 8.53. The Kier molecular flexibility index (Phi) is 6.06. The SMILES string of the molecule is N#CC(NC(=O)C1CC(=O)N(Cc2cccc(C(F)(F)F)c2)C1)c1ccccc1F. The van der Waals surface area contributed by atoms with Gasteiger partial charge in [0.15, 0.2) is 0 Å². The Hall–Kier alpha value is -3.41. The van der Waals surface area contributed by atoms with Gasteiger partial charge in [0.05, 0.1) is 17.6 Å². The van der Waals surface area contributed by atoms with Crippen LogP contribution in [-0.2, 0) is 22.3 Å². The quantitative estimate of drug-likeness (QED) is 0.753. The molecule has 0 spiro atoms. The molecule has 2 unspecified atom stereocenters. The lowest BCUT2D eigenvalue weighted by atomic mass is 10.0. The molecule has 30 heavy (non-hydrogen) atoms. The number of amides is 2. The minimum atomic E-state index is -4.49. The predicted octanol–water partition coefficient (Wildman–Crippen LogP) is 3.57. The largest absolute Gasteiger partial charge is 0.416 e. The summed E-state index contributed by atoms with van der Waals surface area (Å²) in [7, 11) is 0. The van der Waals surface area contributed by atoms with Gasteiger partial charge in [-0.2, -0.15) is 18.4 Å². The lowest BCUT2D eigenvalue weighted by Crippen LogP contribution is -2.35. The molecular formula is C21H17F4N3O2. The number of halogens is 4. The molecule has 2 aromatic carbocycles.